The fourth-order valence-electron chi connectivity index (χ4n) is 1.35. The molecule has 1 N–H and O–H groups in total. The number of ether oxygens (including phenoxy) is 1. The fraction of sp³-hybridized carbons (Fsp3) is 0.0833. The number of nitrogens with zero attached hydrogens (tertiary/aromatic N) is 2. The molecule has 1 heterocycles. The van der Waals surface area contributed by atoms with Crippen LogP contribution in [0.5, 0.6) is 0 Å². The summed E-state index contributed by atoms with van der Waals surface area (Å²) < 4.78 is 18.6. The number of benzene rings is 1. The Kier molecular flexibility index (Phi) is 4.06. The molecule has 19 heavy (non-hydrogen) atoms. The van der Waals surface area contributed by atoms with Gasteiger partial charge in [-0.25, -0.2) is 19.2 Å². The van der Waals surface area contributed by atoms with Crippen molar-refractivity contribution in [1.82, 2.24) is 9.97 Å². The Labute approximate surface area is 117 Å². The quantitative estimate of drug-likeness (QED) is 0.879. The molecule has 0 saturated heterocycles. The van der Waals surface area contributed by atoms with E-state index in [1.165, 1.54) is 25.6 Å². The highest BCUT2D eigenvalue weighted by molar-refractivity contribution is 9.10. The molecule has 7 heteroatoms. The van der Waals surface area contributed by atoms with E-state index in [-0.39, 0.29) is 11.4 Å². The predicted molar refractivity (Wildman–Crippen MR) is 70.8 cm³/mol. The number of rotatable bonds is 3. The first-order valence-electron chi connectivity index (χ1n) is 5.23. The third-order valence-corrected chi connectivity index (χ3v) is 2.92. The molecular formula is C12H9BrFN3O2. The number of esters is 1. The van der Waals surface area contributed by atoms with Gasteiger partial charge in [-0.3, -0.25) is 0 Å². The largest absolute Gasteiger partial charge is 0.464 e. The number of anilines is 2. The zero-order valence-corrected chi connectivity index (χ0v) is 11.4. The molecule has 0 amide bonds. The number of nitrogens with one attached hydrogen (secondary N) is 1. The Balaban J connectivity index is 2.22. The lowest BCUT2D eigenvalue weighted by atomic mass is 10.3. The maximum absolute atomic E-state index is 13.6. The van der Waals surface area contributed by atoms with Crippen molar-refractivity contribution in [3.05, 3.63) is 46.6 Å². The van der Waals surface area contributed by atoms with Crippen molar-refractivity contribution in [2.24, 2.45) is 0 Å². The van der Waals surface area contributed by atoms with Crippen LogP contribution in [0.2, 0.25) is 0 Å². The molecule has 0 saturated carbocycles. The molecule has 0 radical (unpaired) electrons. The van der Waals surface area contributed by atoms with Gasteiger partial charge in [-0.15, -0.1) is 0 Å². The summed E-state index contributed by atoms with van der Waals surface area (Å²) in [5.41, 5.74) is 0.336. The number of methoxy groups -OCH3 is 1. The van der Waals surface area contributed by atoms with E-state index in [4.69, 9.17) is 0 Å². The Hall–Kier alpha value is -2.02. The molecule has 1 aromatic heterocycles. The van der Waals surface area contributed by atoms with Crippen LogP contribution in [0, 0.1) is 5.82 Å². The van der Waals surface area contributed by atoms with E-state index in [1.807, 2.05) is 0 Å². The van der Waals surface area contributed by atoms with Gasteiger partial charge in [0.2, 0.25) is 0 Å². The molecule has 0 aliphatic heterocycles. The summed E-state index contributed by atoms with van der Waals surface area (Å²) >= 11 is 3.23. The van der Waals surface area contributed by atoms with Crippen molar-refractivity contribution >= 4 is 33.4 Å². The topological polar surface area (TPSA) is 64.1 Å². The third-order valence-electron chi connectivity index (χ3n) is 2.26. The second kappa shape index (κ2) is 5.75. The lowest BCUT2D eigenvalue weighted by Crippen LogP contribution is -2.06. The molecule has 5 nitrogen and oxygen atoms in total. The van der Waals surface area contributed by atoms with E-state index in [0.717, 1.165) is 0 Å². The molecule has 0 unspecified atom stereocenters. The summed E-state index contributed by atoms with van der Waals surface area (Å²) in [6.07, 6.45) is 2.58. The molecular weight excluding hydrogens is 317 g/mol. The summed E-state index contributed by atoms with van der Waals surface area (Å²) in [6, 6.07) is 4.60. The Bertz CT molecular complexity index is 584. The number of carbonyl (C=O) groups excluding carboxylic acids is 1. The summed E-state index contributed by atoms with van der Waals surface area (Å²) in [5, 5.41) is 2.78. The minimum atomic E-state index is -0.578. The maximum Gasteiger partial charge on any atom is 0.358 e. The number of hydrogen-bond acceptors (Lipinski definition) is 5. The standard InChI is InChI=1S/C12H9BrFN3O2/c1-19-12(18)9-5-16-10(6-15-9)17-11-7(13)3-2-4-8(11)14/h2-6H,1H3,(H,16,17). The van der Waals surface area contributed by atoms with Crippen LogP contribution in [-0.2, 0) is 4.74 Å². The molecule has 0 bridgehead atoms. The van der Waals surface area contributed by atoms with Crippen molar-refractivity contribution in [2.75, 3.05) is 12.4 Å². The van der Waals surface area contributed by atoms with Crippen molar-refractivity contribution in [3.63, 3.8) is 0 Å². The minimum Gasteiger partial charge on any atom is -0.464 e. The minimum absolute atomic E-state index is 0.0839. The Morgan fingerprint density at radius 1 is 1.37 bits per heavy atom. The monoisotopic (exact) mass is 325 g/mol. The molecule has 0 aliphatic carbocycles. The van der Waals surface area contributed by atoms with Crippen molar-refractivity contribution in [2.45, 2.75) is 0 Å². The molecule has 0 fully saturated rings. The first-order chi connectivity index (χ1) is 9.11. The number of carbonyl (C=O) groups is 1. The Morgan fingerprint density at radius 2 is 2.16 bits per heavy atom. The molecule has 0 spiro atoms. The van der Waals surface area contributed by atoms with Crippen LogP contribution in [-0.4, -0.2) is 23.0 Å². The number of aromatic nitrogens is 2. The summed E-state index contributed by atoms with van der Waals surface area (Å²) in [5.74, 6) is -0.683. The molecule has 1 aromatic carbocycles. The van der Waals surface area contributed by atoms with E-state index in [0.29, 0.717) is 10.3 Å². The molecule has 0 atom stereocenters. The van der Waals surface area contributed by atoms with E-state index >= 15 is 0 Å². The summed E-state index contributed by atoms with van der Waals surface area (Å²) in [6.45, 7) is 0. The zero-order valence-electron chi connectivity index (χ0n) is 9.85. The van der Waals surface area contributed by atoms with E-state index < -0.39 is 11.8 Å². The van der Waals surface area contributed by atoms with Gasteiger partial charge in [0, 0.05) is 4.47 Å². The SMILES string of the molecule is COC(=O)c1cnc(Nc2c(F)cccc2Br)cn1. The predicted octanol–water partition coefficient (Wildman–Crippen LogP) is 2.91. The first kappa shape index (κ1) is 13.4. The van der Waals surface area contributed by atoms with Crippen molar-refractivity contribution in [3.8, 4) is 0 Å². The van der Waals surface area contributed by atoms with Crippen molar-refractivity contribution < 1.29 is 13.9 Å². The van der Waals surface area contributed by atoms with Crippen LogP contribution in [0.15, 0.2) is 35.1 Å². The zero-order chi connectivity index (χ0) is 13.8. The van der Waals surface area contributed by atoms with E-state index in [9.17, 15) is 9.18 Å². The molecule has 98 valence electrons. The van der Waals surface area contributed by atoms with Gasteiger partial charge < -0.3 is 10.1 Å². The second-order valence-electron chi connectivity index (χ2n) is 3.50. The van der Waals surface area contributed by atoms with Crippen LogP contribution >= 0.6 is 15.9 Å². The third kappa shape index (κ3) is 3.05. The highest BCUT2D eigenvalue weighted by Gasteiger charge is 2.10. The van der Waals surface area contributed by atoms with Crippen LogP contribution in [0.1, 0.15) is 10.5 Å². The second-order valence-corrected chi connectivity index (χ2v) is 4.35. The van der Waals surface area contributed by atoms with Crippen molar-refractivity contribution in [1.29, 1.82) is 0 Å². The lowest BCUT2D eigenvalue weighted by Gasteiger charge is -2.08. The van der Waals surface area contributed by atoms with Crippen LogP contribution < -0.4 is 5.32 Å². The first-order valence-corrected chi connectivity index (χ1v) is 6.02. The van der Waals surface area contributed by atoms with Crippen LogP contribution in [0.4, 0.5) is 15.9 Å². The molecule has 2 aromatic rings. The van der Waals surface area contributed by atoms with Gasteiger partial charge in [0.25, 0.3) is 0 Å². The van der Waals surface area contributed by atoms with Gasteiger partial charge in [-0.05, 0) is 28.1 Å². The number of hydrogen-bond donors (Lipinski definition) is 1. The van der Waals surface area contributed by atoms with Gasteiger partial charge in [-0.2, -0.15) is 0 Å². The maximum atomic E-state index is 13.6. The summed E-state index contributed by atoms with van der Waals surface area (Å²) in [4.78, 5) is 19.0. The highest BCUT2D eigenvalue weighted by atomic mass is 79.9. The highest BCUT2D eigenvalue weighted by Crippen LogP contribution is 2.27. The van der Waals surface area contributed by atoms with Gasteiger partial charge >= 0.3 is 5.97 Å². The lowest BCUT2D eigenvalue weighted by molar-refractivity contribution is 0.0593. The average molecular weight is 326 g/mol. The summed E-state index contributed by atoms with van der Waals surface area (Å²) in [7, 11) is 1.26. The number of para-hydroxylation sites is 1. The fourth-order valence-corrected chi connectivity index (χ4v) is 1.79. The van der Waals surface area contributed by atoms with Gasteiger partial charge in [0.1, 0.15) is 11.6 Å². The van der Waals surface area contributed by atoms with Crippen LogP contribution in [0.25, 0.3) is 0 Å². The van der Waals surface area contributed by atoms with E-state index in [2.05, 4.69) is 36.0 Å². The van der Waals surface area contributed by atoms with E-state index in [1.54, 1.807) is 12.1 Å². The average Bonchev–Trinajstić information content (AvgIpc) is 2.43. The normalized spacial score (nSPS) is 10.1. The van der Waals surface area contributed by atoms with Gasteiger partial charge in [0.05, 0.1) is 25.2 Å². The van der Waals surface area contributed by atoms with Gasteiger partial charge in [-0.1, -0.05) is 6.07 Å². The van der Waals surface area contributed by atoms with Crippen LogP contribution in [0.3, 0.4) is 0 Å². The molecule has 2 rings (SSSR count). The van der Waals surface area contributed by atoms with Gasteiger partial charge in [0.15, 0.2) is 5.69 Å². The Morgan fingerprint density at radius 3 is 2.74 bits per heavy atom. The number of halogens is 2. The molecule has 0 aliphatic rings. The smallest absolute Gasteiger partial charge is 0.358 e.